The Morgan fingerprint density at radius 2 is 1.47 bits per heavy atom. The highest BCUT2D eigenvalue weighted by molar-refractivity contribution is 7.91. The van der Waals surface area contributed by atoms with Gasteiger partial charge < -0.3 is 4.90 Å². The minimum absolute atomic E-state index is 0.165. The second kappa shape index (κ2) is 8.56. The van der Waals surface area contributed by atoms with Crippen molar-refractivity contribution in [3.63, 3.8) is 0 Å². The van der Waals surface area contributed by atoms with Crippen LogP contribution in [0.4, 0.5) is 26.3 Å². The molecule has 0 spiro atoms. The molecule has 2 aromatic rings. The summed E-state index contributed by atoms with van der Waals surface area (Å²) < 4.78 is 126. The molecule has 0 bridgehead atoms. The second-order valence-electron chi connectivity index (χ2n) is 7.86. The van der Waals surface area contributed by atoms with E-state index >= 15 is 0 Å². The molecule has 2 aromatic carbocycles. The van der Waals surface area contributed by atoms with Crippen LogP contribution in [0, 0.1) is 5.92 Å². The molecular formula is C20H17F6NO5S2. The molecule has 186 valence electrons. The molecule has 1 fully saturated rings. The summed E-state index contributed by atoms with van der Waals surface area (Å²) in [6.07, 6.45) is -8.91. The van der Waals surface area contributed by atoms with Gasteiger partial charge in [-0.1, -0.05) is 6.07 Å². The summed E-state index contributed by atoms with van der Waals surface area (Å²) in [6.45, 7) is -0.331. The lowest BCUT2D eigenvalue weighted by molar-refractivity contribution is -0.138. The van der Waals surface area contributed by atoms with Crippen molar-refractivity contribution in [3.8, 4) is 0 Å². The van der Waals surface area contributed by atoms with Crippen LogP contribution in [0.15, 0.2) is 52.3 Å². The molecule has 14 heteroatoms. The van der Waals surface area contributed by atoms with Crippen LogP contribution >= 0.6 is 0 Å². The molecule has 0 unspecified atom stereocenters. The van der Waals surface area contributed by atoms with Gasteiger partial charge >= 0.3 is 12.4 Å². The monoisotopic (exact) mass is 529 g/mol. The van der Waals surface area contributed by atoms with Gasteiger partial charge in [-0.2, -0.15) is 26.3 Å². The van der Waals surface area contributed by atoms with Gasteiger partial charge in [-0.05, 0) is 36.4 Å². The summed E-state index contributed by atoms with van der Waals surface area (Å²) >= 11 is 0. The van der Waals surface area contributed by atoms with E-state index in [2.05, 4.69) is 0 Å². The number of nitrogens with zero attached hydrogens (tertiary/aromatic N) is 1. The lowest BCUT2D eigenvalue weighted by Gasteiger charge is -2.39. The van der Waals surface area contributed by atoms with Crippen molar-refractivity contribution in [2.45, 2.75) is 22.1 Å². The molecule has 0 N–H and O–H groups in total. The van der Waals surface area contributed by atoms with E-state index < -0.39 is 76.1 Å². The third-order valence-corrected chi connectivity index (χ3v) is 8.18. The number of amides is 1. The van der Waals surface area contributed by atoms with Crippen LogP contribution in [0.1, 0.15) is 21.5 Å². The number of hydrogen-bond acceptors (Lipinski definition) is 5. The topological polar surface area (TPSA) is 88.6 Å². The lowest BCUT2D eigenvalue weighted by atomic mass is 10.0. The Bertz CT molecular complexity index is 1330. The Morgan fingerprint density at radius 1 is 0.912 bits per heavy atom. The van der Waals surface area contributed by atoms with Crippen molar-refractivity contribution >= 4 is 25.6 Å². The summed E-state index contributed by atoms with van der Waals surface area (Å²) in [5, 5.41) is 0. The zero-order chi connectivity index (χ0) is 25.7. The Kier molecular flexibility index (Phi) is 6.54. The van der Waals surface area contributed by atoms with E-state index in [-0.39, 0.29) is 13.1 Å². The SMILES string of the molecule is CS(=O)(=O)c1cc(C(F)(F)F)ccc1C(=O)N1CC(CS(=O)(=O)c2cccc(C(F)(F)F)c2)C1. The van der Waals surface area contributed by atoms with Crippen LogP contribution in [0.2, 0.25) is 0 Å². The fourth-order valence-electron chi connectivity index (χ4n) is 3.47. The molecule has 0 radical (unpaired) electrons. The largest absolute Gasteiger partial charge is 0.416 e. The zero-order valence-corrected chi connectivity index (χ0v) is 18.9. The van der Waals surface area contributed by atoms with E-state index in [1.54, 1.807) is 0 Å². The Labute approximate surface area is 191 Å². The number of carbonyl (C=O) groups excluding carboxylic acids is 1. The Hall–Kier alpha value is -2.61. The summed E-state index contributed by atoms with van der Waals surface area (Å²) in [5.74, 6) is -2.12. The van der Waals surface area contributed by atoms with Crippen LogP contribution in [0.3, 0.4) is 0 Å². The zero-order valence-electron chi connectivity index (χ0n) is 17.3. The molecule has 1 amide bonds. The van der Waals surface area contributed by atoms with Crippen LogP contribution in [0.5, 0.6) is 0 Å². The number of alkyl halides is 6. The lowest BCUT2D eigenvalue weighted by Crippen LogP contribution is -2.52. The van der Waals surface area contributed by atoms with E-state index in [9.17, 15) is 48.0 Å². The summed E-state index contributed by atoms with van der Waals surface area (Å²) in [5.41, 5.74) is -2.87. The van der Waals surface area contributed by atoms with E-state index in [0.29, 0.717) is 24.5 Å². The van der Waals surface area contributed by atoms with Crippen molar-refractivity contribution < 1.29 is 48.0 Å². The van der Waals surface area contributed by atoms with Gasteiger partial charge in [0.2, 0.25) is 0 Å². The molecule has 34 heavy (non-hydrogen) atoms. The summed E-state index contributed by atoms with van der Waals surface area (Å²) in [4.78, 5) is 12.4. The van der Waals surface area contributed by atoms with Crippen molar-refractivity contribution in [1.82, 2.24) is 4.90 Å². The van der Waals surface area contributed by atoms with Crippen LogP contribution < -0.4 is 0 Å². The molecule has 1 aliphatic rings. The van der Waals surface area contributed by atoms with Crippen molar-refractivity contribution in [2.75, 3.05) is 25.1 Å². The van der Waals surface area contributed by atoms with Gasteiger partial charge in [0.05, 0.1) is 32.2 Å². The van der Waals surface area contributed by atoms with Crippen LogP contribution in [0.25, 0.3) is 0 Å². The predicted octanol–water partition coefficient (Wildman–Crippen LogP) is 3.67. The average Bonchev–Trinajstić information content (AvgIpc) is 2.67. The molecule has 0 atom stereocenters. The molecule has 0 aliphatic carbocycles. The van der Waals surface area contributed by atoms with E-state index in [1.807, 2.05) is 0 Å². The maximum atomic E-state index is 13.0. The molecule has 1 heterocycles. The molecule has 6 nitrogen and oxygen atoms in total. The van der Waals surface area contributed by atoms with Gasteiger partial charge in [0, 0.05) is 25.3 Å². The van der Waals surface area contributed by atoms with Gasteiger partial charge in [0.15, 0.2) is 19.7 Å². The number of carbonyl (C=O) groups is 1. The predicted molar refractivity (Wildman–Crippen MR) is 107 cm³/mol. The van der Waals surface area contributed by atoms with Crippen LogP contribution in [-0.2, 0) is 32.0 Å². The minimum Gasteiger partial charge on any atom is -0.338 e. The number of benzene rings is 2. The van der Waals surface area contributed by atoms with Crippen molar-refractivity contribution in [3.05, 3.63) is 59.2 Å². The number of likely N-dealkylation sites (tertiary alicyclic amines) is 1. The van der Waals surface area contributed by atoms with Crippen molar-refractivity contribution in [1.29, 1.82) is 0 Å². The Morgan fingerprint density at radius 3 is 2.00 bits per heavy atom. The molecule has 1 saturated heterocycles. The molecule has 0 saturated carbocycles. The molecule has 1 aliphatic heterocycles. The quantitative estimate of drug-likeness (QED) is 0.552. The highest BCUT2D eigenvalue weighted by atomic mass is 32.2. The summed E-state index contributed by atoms with van der Waals surface area (Å²) in [7, 11) is -8.34. The first-order valence-corrected chi connectivity index (χ1v) is 13.0. The third kappa shape index (κ3) is 5.54. The van der Waals surface area contributed by atoms with Gasteiger partial charge in [-0.3, -0.25) is 4.79 Å². The highest BCUT2D eigenvalue weighted by Gasteiger charge is 2.38. The minimum atomic E-state index is -4.83. The number of halogens is 6. The van der Waals surface area contributed by atoms with Gasteiger partial charge in [-0.25, -0.2) is 16.8 Å². The van der Waals surface area contributed by atoms with Gasteiger partial charge in [-0.15, -0.1) is 0 Å². The number of sulfone groups is 2. The molecular weight excluding hydrogens is 512 g/mol. The standard InChI is InChI=1S/C20H17F6NO5S2/c1-33(29,30)17-8-14(20(24,25)26)5-6-16(17)18(28)27-9-12(10-27)11-34(31,32)15-4-2-3-13(7-15)19(21,22)23/h2-8,12H,9-11H2,1H3. The maximum absolute atomic E-state index is 13.0. The first-order valence-electron chi connectivity index (χ1n) is 9.50. The van der Waals surface area contributed by atoms with Crippen LogP contribution in [-0.4, -0.2) is 52.7 Å². The first kappa shape index (κ1) is 26.0. The van der Waals surface area contributed by atoms with E-state index in [4.69, 9.17) is 0 Å². The normalized spacial score (nSPS) is 15.8. The first-order chi connectivity index (χ1) is 15.4. The fraction of sp³-hybridized carbons (Fsp3) is 0.350. The number of hydrogen-bond donors (Lipinski definition) is 0. The van der Waals surface area contributed by atoms with Gasteiger partial charge in [0.1, 0.15) is 0 Å². The maximum Gasteiger partial charge on any atom is 0.416 e. The fourth-order valence-corrected chi connectivity index (χ4v) is 5.98. The highest BCUT2D eigenvalue weighted by Crippen LogP contribution is 2.34. The third-order valence-electron chi connectivity index (χ3n) is 5.16. The average molecular weight is 529 g/mol. The van der Waals surface area contributed by atoms with Gasteiger partial charge in [0.25, 0.3) is 5.91 Å². The molecule has 3 rings (SSSR count). The van der Waals surface area contributed by atoms with E-state index in [1.165, 1.54) is 0 Å². The second-order valence-corrected chi connectivity index (χ2v) is 11.9. The van der Waals surface area contributed by atoms with Crippen molar-refractivity contribution in [2.24, 2.45) is 5.92 Å². The summed E-state index contributed by atoms with van der Waals surface area (Å²) in [6, 6.07) is 4.89. The Balaban J connectivity index is 1.76. The van der Waals surface area contributed by atoms with E-state index in [0.717, 1.165) is 29.2 Å². The molecule has 0 aromatic heterocycles. The number of rotatable bonds is 5. The smallest absolute Gasteiger partial charge is 0.338 e.